The fourth-order valence-electron chi connectivity index (χ4n) is 5.20. The molecule has 3 aromatic rings. The van der Waals surface area contributed by atoms with Crippen molar-refractivity contribution in [3.63, 3.8) is 0 Å². The molecular formula is C31H34Cl2FN3O4S. The topological polar surface area (TPSA) is 86.8 Å². The Hall–Kier alpha value is -3.14. The van der Waals surface area contributed by atoms with Gasteiger partial charge in [-0.2, -0.15) is 0 Å². The summed E-state index contributed by atoms with van der Waals surface area (Å²) in [7, 11) is -4.09. The van der Waals surface area contributed by atoms with Gasteiger partial charge < -0.3 is 10.2 Å². The van der Waals surface area contributed by atoms with Crippen molar-refractivity contribution in [2.75, 3.05) is 17.1 Å². The van der Waals surface area contributed by atoms with E-state index in [9.17, 15) is 22.4 Å². The van der Waals surface area contributed by atoms with Crippen LogP contribution in [0.5, 0.6) is 0 Å². The molecule has 0 saturated heterocycles. The van der Waals surface area contributed by atoms with Crippen LogP contribution in [0.1, 0.15) is 43.2 Å². The van der Waals surface area contributed by atoms with Gasteiger partial charge in [0.1, 0.15) is 18.4 Å². The average Bonchev–Trinajstić information content (AvgIpc) is 2.96. The van der Waals surface area contributed by atoms with Crippen LogP contribution in [0.2, 0.25) is 10.0 Å². The number of nitrogens with zero attached hydrogens (tertiary/aromatic N) is 2. The fraction of sp³-hybridized carbons (Fsp3) is 0.355. The molecule has 7 nitrogen and oxygen atoms in total. The number of sulfonamides is 1. The minimum absolute atomic E-state index is 0.0312. The second kappa shape index (κ2) is 14.4. The highest BCUT2D eigenvalue weighted by Gasteiger charge is 2.35. The Labute approximate surface area is 256 Å². The molecular weight excluding hydrogens is 600 g/mol. The first-order valence-corrected chi connectivity index (χ1v) is 16.4. The molecule has 1 atom stereocenters. The maximum atomic E-state index is 14.8. The van der Waals surface area contributed by atoms with Crippen LogP contribution in [0.4, 0.5) is 10.1 Å². The van der Waals surface area contributed by atoms with E-state index in [4.69, 9.17) is 23.2 Å². The quantitative estimate of drug-likeness (QED) is 0.281. The maximum Gasteiger partial charge on any atom is 0.244 e. The third-order valence-corrected chi connectivity index (χ3v) is 9.25. The van der Waals surface area contributed by atoms with Crippen LogP contribution in [0, 0.1) is 5.82 Å². The van der Waals surface area contributed by atoms with Gasteiger partial charge in [0.05, 0.1) is 11.9 Å². The lowest BCUT2D eigenvalue weighted by molar-refractivity contribution is -0.140. The number of anilines is 1. The number of halogens is 3. The standard InChI is InChI=1S/C31H34Cl2FN3O4S/c1-42(40,41)37(28-18-9-8-17-27(28)34)21-30(38)36(20-24-25(32)15-10-16-26(24)33)29(19-22-11-4-2-5-12-22)31(39)35-23-13-6-3-7-14-23/h2,4-5,8-12,15-18,23,29H,3,6-7,13-14,19-21H2,1H3,(H,35,39)/t29-/m1/s1. The molecule has 4 rings (SSSR count). The Morgan fingerprint density at radius 2 is 1.55 bits per heavy atom. The van der Waals surface area contributed by atoms with Gasteiger partial charge in [0.15, 0.2) is 0 Å². The Morgan fingerprint density at radius 3 is 2.17 bits per heavy atom. The number of carbonyl (C=O) groups is 2. The molecule has 224 valence electrons. The summed E-state index contributed by atoms with van der Waals surface area (Å²) in [5.41, 5.74) is 0.947. The van der Waals surface area contributed by atoms with Gasteiger partial charge in [-0.15, -0.1) is 0 Å². The van der Waals surface area contributed by atoms with E-state index in [1.165, 1.54) is 23.1 Å². The zero-order valence-electron chi connectivity index (χ0n) is 23.3. The minimum atomic E-state index is -4.09. The van der Waals surface area contributed by atoms with Crippen LogP contribution in [-0.4, -0.2) is 50.0 Å². The lowest BCUT2D eigenvalue weighted by Gasteiger charge is -2.35. The van der Waals surface area contributed by atoms with Crippen LogP contribution >= 0.6 is 23.2 Å². The number of hydrogen-bond donors (Lipinski definition) is 1. The molecule has 1 aliphatic rings. The highest BCUT2D eigenvalue weighted by molar-refractivity contribution is 7.92. The molecule has 11 heteroatoms. The molecule has 0 bridgehead atoms. The van der Waals surface area contributed by atoms with Gasteiger partial charge in [-0.05, 0) is 42.7 Å². The second-order valence-electron chi connectivity index (χ2n) is 10.5. The van der Waals surface area contributed by atoms with Crippen LogP contribution in [0.15, 0.2) is 72.8 Å². The average molecular weight is 635 g/mol. The molecule has 0 aliphatic heterocycles. The predicted molar refractivity (Wildman–Crippen MR) is 165 cm³/mol. The van der Waals surface area contributed by atoms with E-state index in [0.29, 0.717) is 19.9 Å². The summed E-state index contributed by atoms with van der Waals surface area (Å²) in [4.78, 5) is 29.4. The van der Waals surface area contributed by atoms with Gasteiger partial charge in [0, 0.05) is 34.6 Å². The molecule has 1 saturated carbocycles. The van der Waals surface area contributed by atoms with Crippen molar-refractivity contribution in [3.8, 4) is 0 Å². The van der Waals surface area contributed by atoms with Gasteiger partial charge in [0.2, 0.25) is 21.8 Å². The predicted octanol–water partition coefficient (Wildman–Crippen LogP) is 5.99. The molecule has 0 radical (unpaired) electrons. The molecule has 1 aliphatic carbocycles. The third kappa shape index (κ3) is 8.24. The Kier molecular flexibility index (Phi) is 10.9. The summed E-state index contributed by atoms with van der Waals surface area (Å²) in [5.74, 6) is -1.87. The SMILES string of the molecule is CS(=O)(=O)N(CC(=O)N(Cc1c(Cl)cccc1Cl)[C@H](Cc1ccccc1)C(=O)NC1CCCCC1)c1ccccc1F. The van der Waals surface area contributed by atoms with Gasteiger partial charge in [0.25, 0.3) is 0 Å². The van der Waals surface area contributed by atoms with Gasteiger partial charge in [-0.3, -0.25) is 13.9 Å². The van der Waals surface area contributed by atoms with Crippen LogP contribution in [0.25, 0.3) is 0 Å². The lowest BCUT2D eigenvalue weighted by atomic mass is 9.94. The van der Waals surface area contributed by atoms with E-state index in [-0.39, 0.29) is 30.6 Å². The van der Waals surface area contributed by atoms with Crippen molar-refractivity contribution in [1.29, 1.82) is 0 Å². The summed E-state index contributed by atoms with van der Waals surface area (Å²) in [6.45, 7) is -0.897. The second-order valence-corrected chi connectivity index (χ2v) is 13.2. The van der Waals surface area contributed by atoms with Crippen molar-refractivity contribution in [1.82, 2.24) is 10.2 Å². The maximum absolute atomic E-state index is 14.8. The third-order valence-electron chi connectivity index (χ3n) is 7.41. The number of benzene rings is 3. The first kappa shape index (κ1) is 31.8. The summed E-state index contributed by atoms with van der Waals surface area (Å²) in [5, 5.41) is 3.71. The molecule has 1 fully saturated rings. The van der Waals surface area contributed by atoms with Crippen molar-refractivity contribution >= 4 is 50.7 Å². The largest absolute Gasteiger partial charge is 0.352 e. The first-order chi connectivity index (χ1) is 20.0. The molecule has 2 amide bonds. The van der Waals surface area contributed by atoms with Crippen LogP contribution in [-0.2, 0) is 32.6 Å². The number of carbonyl (C=O) groups excluding carboxylic acids is 2. The number of para-hydroxylation sites is 1. The summed E-state index contributed by atoms with van der Waals surface area (Å²) in [6.07, 6.45) is 5.83. The number of hydrogen-bond acceptors (Lipinski definition) is 4. The molecule has 3 aromatic carbocycles. The number of rotatable bonds is 11. The molecule has 0 unspecified atom stereocenters. The minimum Gasteiger partial charge on any atom is -0.352 e. The van der Waals surface area contributed by atoms with Crippen LogP contribution < -0.4 is 9.62 Å². The highest BCUT2D eigenvalue weighted by atomic mass is 35.5. The summed E-state index contributed by atoms with van der Waals surface area (Å²) >= 11 is 13.0. The van der Waals surface area contributed by atoms with Gasteiger partial charge >= 0.3 is 0 Å². The smallest absolute Gasteiger partial charge is 0.244 e. The summed E-state index contributed by atoms with van der Waals surface area (Å²) in [6, 6.07) is 18.4. The van der Waals surface area contributed by atoms with E-state index in [1.807, 2.05) is 30.3 Å². The highest BCUT2D eigenvalue weighted by Crippen LogP contribution is 2.29. The molecule has 42 heavy (non-hydrogen) atoms. The molecule has 0 heterocycles. The van der Waals surface area contributed by atoms with Crippen molar-refractivity contribution in [2.24, 2.45) is 0 Å². The van der Waals surface area contributed by atoms with Crippen molar-refractivity contribution in [3.05, 3.63) is 99.8 Å². The van der Waals surface area contributed by atoms with E-state index in [2.05, 4.69) is 5.32 Å². The Balaban J connectivity index is 1.76. The van der Waals surface area contributed by atoms with Crippen molar-refractivity contribution in [2.45, 2.75) is 57.2 Å². The normalized spacial score (nSPS) is 14.7. The number of nitrogens with one attached hydrogen (secondary N) is 1. The zero-order valence-corrected chi connectivity index (χ0v) is 25.6. The lowest BCUT2D eigenvalue weighted by Crippen LogP contribution is -2.55. The first-order valence-electron chi connectivity index (χ1n) is 13.8. The Morgan fingerprint density at radius 1 is 0.929 bits per heavy atom. The van der Waals surface area contributed by atoms with Gasteiger partial charge in [-0.1, -0.05) is 91.0 Å². The van der Waals surface area contributed by atoms with E-state index >= 15 is 0 Å². The fourth-order valence-corrected chi connectivity index (χ4v) is 6.57. The Bertz CT molecular complexity index is 1480. The van der Waals surface area contributed by atoms with Crippen LogP contribution in [0.3, 0.4) is 0 Å². The van der Waals surface area contributed by atoms with Gasteiger partial charge in [-0.25, -0.2) is 12.8 Å². The summed E-state index contributed by atoms with van der Waals surface area (Å²) < 4.78 is 41.2. The number of amides is 2. The molecule has 0 aromatic heterocycles. The zero-order chi connectivity index (χ0) is 30.3. The molecule has 0 spiro atoms. The van der Waals surface area contributed by atoms with E-state index in [1.54, 1.807) is 18.2 Å². The monoisotopic (exact) mass is 633 g/mol. The van der Waals surface area contributed by atoms with E-state index in [0.717, 1.165) is 50.0 Å². The molecule has 1 N–H and O–H groups in total. The van der Waals surface area contributed by atoms with E-state index < -0.39 is 34.3 Å². The van der Waals surface area contributed by atoms with Crippen molar-refractivity contribution < 1.29 is 22.4 Å².